The number of hydrogen-bond acceptors (Lipinski definition) is 5. The first-order chi connectivity index (χ1) is 13.0. The predicted octanol–water partition coefficient (Wildman–Crippen LogP) is 2.47. The first kappa shape index (κ1) is 18.4. The minimum Gasteiger partial charge on any atom is -0.497 e. The van der Waals surface area contributed by atoms with Crippen LogP contribution >= 0.6 is 0 Å². The van der Waals surface area contributed by atoms with Crippen molar-refractivity contribution in [1.82, 2.24) is 0 Å². The zero-order valence-electron chi connectivity index (χ0n) is 15.1. The molecule has 7 heteroatoms. The summed E-state index contributed by atoms with van der Waals surface area (Å²) in [6.07, 6.45) is 0.151. The Kier molecular flexibility index (Phi) is 5.40. The van der Waals surface area contributed by atoms with Gasteiger partial charge in [-0.3, -0.25) is 9.59 Å². The largest absolute Gasteiger partial charge is 0.497 e. The van der Waals surface area contributed by atoms with E-state index < -0.39 is 11.9 Å². The van der Waals surface area contributed by atoms with Gasteiger partial charge in [-0.15, -0.1) is 0 Å². The van der Waals surface area contributed by atoms with Crippen molar-refractivity contribution in [2.75, 3.05) is 31.0 Å². The van der Waals surface area contributed by atoms with Crippen LogP contribution in [0.4, 0.5) is 11.4 Å². The summed E-state index contributed by atoms with van der Waals surface area (Å²) >= 11 is 0. The van der Waals surface area contributed by atoms with Crippen molar-refractivity contribution in [3.63, 3.8) is 0 Å². The van der Waals surface area contributed by atoms with Gasteiger partial charge in [0.25, 0.3) is 0 Å². The van der Waals surface area contributed by atoms with Gasteiger partial charge in [-0.05, 0) is 48.5 Å². The third-order valence-electron chi connectivity index (χ3n) is 4.45. The van der Waals surface area contributed by atoms with E-state index in [-0.39, 0.29) is 18.2 Å². The molecule has 0 saturated carbocycles. The van der Waals surface area contributed by atoms with Crippen molar-refractivity contribution in [1.29, 1.82) is 0 Å². The van der Waals surface area contributed by atoms with Crippen molar-refractivity contribution < 1.29 is 23.9 Å². The number of esters is 1. The van der Waals surface area contributed by atoms with Crippen LogP contribution in [-0.4, -0.2) is 38.5 Å². The number of amides is 2. The summed E-state index contributed by atoms with van der Waals surface area (Å²) in [7, 11) is 2.89. The van der Waals surface area contributed by atoms with Gasteiger partial charge in [0.15, 0.2) is 0 Å². The minimum absolute atomic E-state index is 0.0960. The van der Waals surface area contributed by atoms with Gasteiger partial charge in [0.1, 0.15) is 5.75 Å². The van der Waals surface area contributed by atoms with Gasteiger partial charge < -0.3 is 19.7 Å². The molecule has 1 heterocycles. The highest BCUT2D eigenvalue weighted by Gasteiger charge is 2.35. The fourth-order valence-corrected chi connectivity index (χ4v) is 2.95. The standard InChI is InChI=1S/C20H20N2O5/c1-26-17-9-7-16(8-10-17)22-12-14(11-18(22)23)19(24)21-15-5-3-13(4-6-15)20(25)27-2/h3-10,14H,11-12H2,1-2H3,(H,21,24). The summed E-state index contributed by atoms with van der Waals surface area (Å²) in [5, 5.41) is 2.79. The molecule has 140 valence electrons. The van der Waals surface area contributed by atoms with Crippen LogP contribution in [0, 0.1) is 5.92 Å². The van der Waals surface area contributed by atoms with E-state index >= 15 is 0 Å². The van der Waals surface area contributed by atoms with E-state index in [4.69, 9.17) is 4.74 Å². The average Bonchev–Trinajstić information content (AvgIpc) is 3.10. The van der Waals surface area contributed by atoms with Crippen LogP contribution in [0.2, 0.25) is 0 Å². The lowest BCUT2D eigenvalue weighted by Crippen LogP contribution is -2.28. The maximum atomic E-state index is 12.5. The Hall–Kier alpha value is -3.35. The molecule has 0 radical (unpaired) electrons. The molecule has 7 nitrogen and oxygen atoms in total. The molecule has 0 aliphatic carbocycles. The third-order valence-corrected chi connectivity index (χ3v) is 4.45. The second kappa shape index (κ2) is 7.90. The van der Waals surface area contributed by atoms with E-state index in [1.54, 1.807) is 60.5 Å². The van der Waals surface area contributed by atoms with Gasteiger partial charge in [0, 0.05) is 24.3 Å². The van der Waals surface area contributed by atoms with Crippen LogP contribution in [0.1, 0.15) is 16.8 Å². The lowest BCUT2D eigenvalue weighted by atomic mass is 10.1. The van der Waals surface area contributed by atoms with Crippen LogP contribution in [0.25, 0.3) is 0 Å². The SMILES string of the molecule is COC(=O)c1ccc(NC(=O)C2CC(=O)N(c3ccc(OC)cc3)C2)cc1. The Morgan fingerprint density at radius 2 is 1.70 bits per heavy atom. The van der Waals surface area contributed by atoms with Gasteiger partial charge >= 0.3 is 5.97 Å². The molecular weight excluding hydrogens is 348 g/mol. The molecule has 1 fully saturated rings. The number of benzene rings is 2. The van der Waals surface area contributed by atoms with E-state index in [0.717, 1.165) is 5.69 Å². The summed E-state index contributed by atoms with van der Waals surface area (Å²) in [6.45, 7) is 0.317. The summed E-state index contributed by atoms with van der Waals surface area (Å²) in [6, 6.07) is 13.5. The molecule has 27 heavy (non-hydrogen) atoms. The zero-order valence-corrected chi connectivity index (χ0v) is 15.1. The summed E-state index contributed by atoms with van der Waals surface area (Å²) < 4.78 is 9.76. The zero-order chi connectivity index (χ0) is 19.4. The molecule has 2 aromatic carbocycles. The van der Waals surface area contributed by atoms with E-state index in [0.29, 0.717) is 23.5 Å². The molecule has 1 aliphatic heterocycles. The van der Waals surface area contributed by atoms with Crippen molar-refractivity contribution in [3.05, 3.63) is 54.1 Å². The van der Waals surface area contributed by atoms with Crippen LogP contribution in [-0.2, 0) is 14.3 Å². The maximum absolute atomic E-state index is 12.5. The van der Waals surface area contributed by atoms with E-state index in [9.17, 15) is 14.4 Å². The third kappa shape index (κ3) is 4.08. The second-order valence-corrected chi connectivity index (χ2v) is 6.16. The molecular formula is C20H20N2O5. The minimum atomic E-state index is -0.445. The summed E-state index contributed by atoms with van der Waals surface area (Å²) in [4.78, 5) is 37.9. The van der Waals surface area contributed by atoms with Crippen LogP contribution in [0.15, 0.2) is 48.5 Å². The molecule has 1 atom stereocenters. The molecule has 1 N–H and O–H groups in total. The Morgan fingerprint density at radius 3 is 2.30 bits per heavy atom. The monoisotopic (exact) mass is 368 g/mol. The molecule has 2 amide bonds. The first-order valence-electron chi connectivity index (χ1n) is 8.45. The highest BCUT2D eigenvalue weighted by atomic mass is 16.5. The van der Waals surface area contributed by atoms with Gasteiger partial charge in [-0.2, -0.15) is 0 Å². The van der Waals surface area contributed by atoms with Crippen molar-refractivity contribution in [3.8, 4) is 5.75 Å². The quantitative estimate of drug-likeness (QED) is 0.820. The number of ether oxygens (including phenoxy) is 2. The van der Waals surface area contributed by atoms with Gasteiger partial charge in [0.05, 0.1) is 25.7 Å². The number of carbonyl (C=O) groups excluding carboxylic acids is 3. The van der Waals surface area contributed by atoms with Crippen LogP contribution in [0.5, 0.6) is 5.75 Å². The number of hydrogen-bond donors (Lipinski definition) is 1. The number of methoxy groups -OCH3 is 2. The number of nitrogens with zero attached hydrogens (tertiary/aromatic N) is 1. The first-order valence-corrected chi connectivity index (χ1v) is 8.45. The summed E-state index contributed by atoms with van der Waals surface area (Å²) in [5.74, 6) is -0.508. The molecule has 1 aliphatic rings. The van der Waals surface area contributed by atoms with E-state index in [1.165, 1.54) is 7.11 Å². The smallest absolute Gasteiger partial charge is 0.337 e. The van der Waals surface area contributed by atoms with Gasteiger partial charge in [-0.1, -0.05) is 0 Å². The van der Waals surface area contributed by atoms with Crippen LogP contribution in [0.3, 0.4) is 0 Å². The Labute approximate surface area is 156 Å². The highest BCUT2D eigenvalue weighted by Crippen LogP contribution is 2.27. The predicted molar refractivity (Wildman–Crippen MR) is 99.9 cm³/mol. The number of nitrogens with one attached hydrogen (secondary N) is 1. The van der Waals surface area contributed by atoms with Crippen molar-refractivity contribution >= 4 is 29.2 Å². The normalized spacial score (nSPS) is 16.1. The molecule has 0 spiro atoms. The maximum Gasteiger partial charge on any atom is 0.337 e. The highest BCUT2D eigenvalue weighted by molar-refractivity contribution is 6.03. The van der Waals surface area contributed by atoms with Crippen LogP contribution < -0.4 is 15.0 Å². The Balaban J connectivity index is 1.64. The lowest BCUT2D eigenvalue weighted by Gasteiger charge is -2.17. The van der Waals surface area contributed by atoms with Crippen molar-refractivity contribution in [2.24, 2.45) is 5.92 Å². The fraction of sp³-hybridized carbons (Fsp3) is 0.250. The Bertz CT molecular complexity index is 846. The average molecular weight is 368 g/mol. The number of carbonyl (C=O) groups is 3. The van der Waals surface area contributed by atoms with Crippen molar-refractivity contribution in [2.45, 2.75) is 6.42 Å². The molecule has 1 saturated heterocycles. The van der Waals surface area contributed by atoms with E-state index in [1.807, 2.05) is 0 Å². The molecule has 2 aromatic rings. The second-order valence-electron chi connectivity index (χ2n) is 6.16. The molecule has 0 bridgehead atoms. The molecule has 1 unspecified atom stereocenters. The van der Waals surface area contributed by atoms with Gasteiger partial charge in [0.2, 0.25) is 11.8 Å². The number of rotatable bonds is 5. The van der Waals surface area contributed by atoms with E-state index in [2.05, 4.69) is 10.1 Å². The molecule has 3 rings (SSSR count). The number of anilines is 2. The van der Waals surface area contributed by atoms with Gasteiger partial charge in [-0.25, -0.2) is 4.79 Å². The lowest BCUT2D eigenvalue weighted by molar-refractivity contribution is -0.122. The topological polar surface area (TPSA) is 84.9 Å². The molecule has 0 aromatic heterocycles. The summed E-state index contributed by atoms with van der Waals surface area (Å²) in [5.41, 5.74) is 1.69. The fourth-order valence-electron chi connectivity index (χ4n) is 2.95. The Morgan fingerprint density at radius 1 is 1.04 bits per heavy atom.